The average molecular weight is 279 g/mol. The van der Waals surface area contributed by atoms with Gasteiger partial charge < -0.3 is 10.2 Å². The first-order valence-corrected chi connectivity index (χ1v) is 7.81. The van der Waals surface area contributed by atoms with Crippen molar-refractivity contribution in [2.75, 3.05) is 4.90 Å². The molecule has 2 heterocycles. The van der Waals surface area contributed by atoms with E-state index in [1.54, 1.807) is 0 Å². The fourth-order valence-corrected chi connectivity index (χ4v) is 2.98. The standard InChI is InChI=1S/C18H21N3/c1-13-14(10-19-17-7-8-17)6-9-18(20-13)21-11-15-4-2-3-5-16(15)12-21/h2-6,9,17,19H,7-8,10-12H2,1H3. The maximum Gasteiger partial charge on any atom is 0.129 e. The first kappa shape index (κ1) is 12.8. The zero-order chi connectivity index (χ0) is 14.2. The Kier molecular flexibility index (Phi) is 3.15. The van der Waals surface area contributed by atoms with E-state index in [0.29, 0.717) is 0 Å². The van der Waals surface area contributed by atoms with Gasteiger partial charge in [0.15, 0.2) is 0 Å². The normalized spacial score (nSPS) is 17.1. The molecule has 1 saturated carbocycles. The summed E-state index contributed by atoms with van der Waals surface area (Å²) in [6.45, 7) is 5.02. The fourth-order valence-electron chi connectivity index (χ4n) is 2.98. The first-order chi connectivity index (χ1) is 10.3. The van der Waals surface area contributed by atoms with Crippen molar-refractivity contribution in [2.45, 2.75) is 45.4 Å². The highest BCUT2D eigenvalue weighted by molar-refractivity contribution is 5.48. The van der Waals surface area contributed by atoms with Gasteiger partial charge in [-0.3, -0.25) is 0 Å². The van der Waals surface area contributed by atoms with Gasteiger partial charge in [0.05, 0.1) is 0 Å². The molecular weight excluding hydrogens is 258 g/mol. The zero-order valence-electron chi connectivity index (χ0n) is 12.5. The Morgan fingerprint density at radius 1 is 1.10 bits per heavy atom. The van der Waals surface area contributed by atoms with Gasteiger partial charge in [-0.15, -0.1) is 0 Å². The maximum atomic E-state index is 4.82. The number of aromatic nitrogens is 1. The molecular formula is C18H21N3. The van der Waals surface area contributed by atoms with Crippen LogP contribution in [0.3, 0.4) is 0 Å². The van der Waals surface area contributed by atoms with Crippen LogP contribution < -0.4 is 10.2 Å². The highest BCUT2D eigenvalue weighted by Gasteiger charge is 2.22. The molecule has 1 aliphatic carbocycles. The minimum atomic E-state index is 0.747. The second kappa shape index (κ2) is 5.15. The lowest BCUT2D eigenvalue weighted by molar-refractivity contribution is 0.681. The van der Waals surface area contributed by atoms with Crippen molar-refractivity contribution in [1.29, 1.82) is 0 Å². The Morgan fingerprint density at radius 2 is 1.81 bits per heavy atom. The molecule has 1 N–H and O–H groups in total. The van der Waals surface area contributed by atoms with E-state index in [9.17, 15) is 0 Å². The molecule has 0 amide bonds. The molecule has 0 spiro atoms. The number of benzene rings is 1. The summed E-state index contributed by atoms with van der Waals surface area (Å²) in [5.74, 6) is 1.10. The predicted molar refractivity (Wildman–Crippen MR) is 85.2 cm³/mol. The Hall–Kier alpha value is -1.87. The molecule has 108 valence electrons. The van der Waals surface area contributed by atoms with Crippen molar-refractivity contribution in [3.8, 4) is 0 Å². The smallest absolute Gasteiger partial charge is 0.129 e. The molecule has 21 heavy (non-hydrogen) atoms. The molecule has 3 heteroatoms. The number of nitrogens with zero attached hydrogens (tertiary/aromatic N) is 2. The van der Waals surface area contributed by atoms with E-state index in [0.717, 1.165) is 37.2 Å². The molecule has 0 atom stereocenters. The van der Waals surface area contributed by atoms with Crippen LogP contribution in [0.1, 0.15) is 35.2 Å². The predicted octanol–water partition coefficient (Wildman–Crippen LogP) is 3.16. The van der Waals surface area contributed by atoms with Crippen molar-refractivity contribution >= 4 is 5.82 Å². The van der Waals surface area contributed by atoms with E-state index in [1.165, 1.54) is 29.5 Å². The number of hydrogen-bond acceptors (Lipinski definition) is 3. The van der Waals surface area contributed by atoms with Crippen LogP contribution in [0, 0.1) is 6.92 Å². The number of rotatable bonds is 4. The molecule has 1 fully saturated rings. The Morgan fingerprint density at radius 3 is 2.43 bits per heavy atom. The summed E-state index contributed by atoms with van der Waals surface area (Å²) in [7, 11) is 0. The lowest BCUT2D eigenvalue weighted by Crippen LogP contribution is -2.19. The summed E-state index contributed by atoms with van der Waals surface area (Å²) in [6.07, 6.45) is 2.66. The molecule has 1 aromatic carbocycles. The minimum absolute atomic E-state index is 0.747. The lowest BCUT2D eigenvalue weighted by atomic mass is 10.1. The van der Waals surface area contributed by atoms with Crippen LogP contribution in [0.25, 0.3) is 0 Å². The van der Waals surface area contributed by atoms with Gasteiger partial charge in [0.2, 0.25) is 0 Å². The molecule has 0 radical (unpaired) electrons. The number of anilines is 1. The van der Waals surface area contributed by atoms with E-state index < -0.39 is 0 Å². The number of hydrogen-bond donors (Lipinski definition) is 1. The monoisotopic (exact) mass is 279 g/mol. The second-order valence-electron chi connectivity index (χ2n) is 6.19. The van der Waals surface area contributed by atoms with Gasteiger partial charge in [-0.05, 0) is 42.5 Å². The molecule has 0 saturated heterocycles. The van der Waals surface area contributed by atoms with Crippen LogP contribution in [0.5, 0.6) is 0 Å². The Balaban J connectivity index is 1.50. The maximum absolute atomic E-state index is 4.82. The van der Waals surface area contributed by atoms with Crippen molar-refractivity contribution in [2.24, 2.45) is 0 Å². The summed E-state index contributed by atoms with van der Waals surface area (Å²) < 4.78 is 0. The number of nitrogens with one attached hydrogen (secondary N) is 1. The van der Waals surface area contributed by atoms with Crippen LogP contribution in [0.4, 0.5) is 5.82 Å². The van der Waals surface area contributed by atoms with Gasteiger partial charge in [0.1, 0.15) is 5.82 Å². The molecule has 4 rings (SSSR count). The largest absolute Gasteiger partial charge is 0.348 e. The summed E-state index contributed by atoms with van der Waals surface area (Å²) in [5.41, 5.74) is 5.33. The molecule has 1 aliphatic heterocycles. The van der Waals surface area contributed by atoms with E-state index in [1.807, 2.05) is 0 Å². The van der Waals surface area contributed by atoms with Crippen LogP contribution >= 0.6 is 0 Å². The van der Waals surface area contributed by atoms with Crippen LogP contribution in [0.15, 0.2) is 36.4 Å². The van der Waals surface area contributed by atoms with Gasteiger partial charge in [-0.2, -0.15) is 0 Å². The van der Waals surface area contributed by atoms with Gasteiger partial charge in [0, 0.05) is 31.4 Å². The summed E-state index contributed by atoms with van der Waals surface area (Å²) in [6, 6.07) is 13.8. The highest BCUT2D eigenvalue weighted by atomic mass is 15.2. The molecule has 1 aromatic heterocycles. The second-order valence-corrected chi connectivity index (χ2v) is 6.19. The van der Waals surface area contributed by atoms with Crippen molar-refractivity contribution in [3.05, 3.63) is 58.8 Å². The van der Waals surface area contributed by atoms with E-state index in [4.69, 9.17) is 4.98 Å². The SMILES string of the molecule is Cc1nc(N2Cc3ccccc3C2)ccc1CNC1CC1. The van der Waals surface area contributed by atoms with E-state index in [-0.39, 0.29) is 0 Å². The summed E-state index contributed by atoms with van der Waals surface area (Å²) in [4.78, 5) is 7.18. The fraction of sp³-hybridized carbons (Fsp3) is 0.389. The molecule has 0 unspecified atom stereocenters. The van der Waals surface area contributed by atoms with Gasteiger partial charge in [-0.1, -0.05) is 30.3 Å². The van der Waals surface area contributed by atoms with E-state index in [2.05, 4.69) is 53.5 Å². The highest BCUT2D eigenvalue weighted by Crippen LogP contribution is 2.27. The van der Waals surface area contributed by atoms with Crippen molar-refractivity contribution < 1.29 is 0 Å². The third-order valence-corrected chi connectivity index (χ3v) is 4.50. The average Bonchev–Trinajstić information content (AvgIpc) is 3.22. The van der Waals surface area contributed by atoms with Crippen LogP contribution in [-0.4, -0.2) is 11.0 Å². The zero-order valence-corrected chi connectivity index (χ0v) is 12.5. The van der Waals surface area contributed by atoms with Crippen molar-refractivity contribution in [1.82, 2.24) is 10.3 Å². The number of aryl methyl sites for hydroxylation is 1. The van der Waals surface area contributed by atoms with E-state index >= 15 is 0 Å². The molecule has 0 bridgehead atoms. The topological polar surface area (TPSA) is 28.2 Å². The summed E-state index contributed by atoms with van der Waals surface area (Å²) in [5, 5.41) is 3.56. The molecule has 2 aromatic rings. The lowest BCUT2D eigenvalue weighted by Gasteiger charge is -2.18. The number of pyridine rings is 1. The first-order valence-electron chi connectivity index (χ1n) is 7.81. The number of fused-ring (bicyclic) bond motifs is 1. The molecule has 2 aliphatic rings. The van der Waals surface area contributed by atoms with Gasteiger partial charge in [-0.25, -0.2) is 4.98 Å². The molecule has 3 nitrogen and oxygen atoms in total. The Bertz CT molecular complexity index is 636. The van der Waals surface area contributed by atoms with Gasteiger partial charge >= 0.3 is 0 Å². The minimum Gasteiger partial charge on any atom is -0.348 e. The third-order valence-electron chi connectivity index (χ3n) is 4.50. The van der Waals surface area contributed by atoms with Gasteiger partial charge in [0.25, 0.3) is 0 Å². The van der Waals surface area contributed by atoms with Crippen LogP contribution in [-0.2, 0) is 19.6 Å². The van der Waals surface area contributed by atoms with Crippen molar-refractivity contribution in [3.63, 3.8) is 0 Å². The summed E-state index contributed by atoms with van der Waals surface area (Å²) >= 11 is 0. The quantitative estimate of drug-likeness (QED) is 0.932. The Labute approximate surface area is 126 Å². The third kappa shape index (κ3) is 2.66. The van der Waals surface area contributed by atoms with Crippen LogP contribution in [0.2, 0.25) is 0 Å².